The van der Waals surface area contributed by atoms with Crippen molar-refractivity contribution in [3.8, 4) is 0 Å². The van der Waals surface area contributed by atoms with Crippen molar-refractivity contribution in [1.82, 2.24) is 4.90 Å². The van der Waals surface area contributed by atoms with Crippen molar-refractivity contribution in [2.24, 2.45) is 11.8 Å². The lowest BCUT2D eigenvalue weighted by Crippen LogP contribution is -2.50. The largest absolute Gasteiger partial charge is 0.481 e. The van der Waals surface area contributed by atoms with Gasteiger partial charge in [0.2, 0.25) is 0 Å². The Kier molecular flexibility index (Phi) is 3.54. The molecule has 1 amide bonds. The maximum atomic E-state index is 12.5. The zero-order valence-corrected chi connectivity index (χ0v) is 12.4. The first-order valence-corrected chi connectivity index (χ1v) is 8.03. The number of thiophene rings is 1. The molecule has 1 unspecified atom stereocenters. The molecule has 1 aromatic heterocycles. The molecule has 0 spiro atoms. The van der Waals surface area contributed by atoms with Crippen LogP contribution in [0.25, 0.3) is 0 Å². The number of carbonyl (C=O) groups excluding carboxylic acids is 1. The van der Waals surface area contributed by atoms with Gasteiger partial charge in [-0.05, 0) is 30.7 Å². The number of aliphatic carboxylic acids is 1. The van der Waals surface area contributed by atoms with Crippen LogP contribution < -0.4 is 0 Å². The highest BCUT2D eigenvalue weighted by atomic mass is 32.1. The van der Waals surface area contributed by atoms with Gasteiger partial charge in [-0.25, -0.2) is 0 Å². The van der Waals surface area contributed by atoms with Crippen LogP contribution in [0, 0.1) is 11.8 Å². The SMILES string of the molecule is CC1CCc2c(C(=O)N3CC(CC(=O)O)C3)csc2C1. The summed E-state index contributed by atoms with van der Waals surface area (Å²) in [7, 11) is 0. The monoisotopic (exact) mass is 293 g/mol. The van der Waals surface area contributed by atoms with Crippen molar-refractivity contribution in [3.63, 3.8) is 0 Å². The minimum absolute atomic E-state index is 0.0960. The molecule has 1 N–H and O–H groups in total. The molecule has 5 heteroatoms. The molecule has 20 heavy (non-hydrogen) atoms. The van der Waals surface area contributed by atoms with E-state index in [0.717, 1.165) is 24.8 Å². The van der Waals surface area contributed by atoms with E-state index in [9.17, 15) is 9.59 Å². The number of carboxylic acid groups (broad SMARTS) is 1. The van der Waals surface area contributed by atoms with E-state index in [2.05, 4.69) is 6.92 Å². The number of rotatable bonds is 3. The fourth-order valence-corrected chi connectivity index (χ4v) is 4.38. The van der Waals surface area contributed by atoms with Gasteiger partial charge in [-0.1, -0.05) is 6.92 Å². The molecule has 0 radical (unpaired) electrons. The molecule has 2 aliphatic rings. The summed E-state index contributed by atoms with van der Waals surface area (Å²) in [6, 6.07) is 0. The lowest BCUT2D eigenvalue weighted by Gasteiger charge is -2.38. The molecule has 108 valence electrons. The summed E-state index contributed by atoms with van der Waals surface area (Å²) in [5.74, 6) is 0.168. The van der Waals surface area contributed by atoms with Crippen LogP contribution in [0.4, 0.5) is 0 Å². The molecule has 1 aromatic rings. The zero-order valence-electron chi connectivity index (χ0n) is 11.6. The van der Waals surface area contributed by atoms with Gasteiger partial charge >= 0.3 is 5.97 Å². The summed E-state index contributed by atoms with van der Waals surface area (Å²) in [4.78, 5) is 26.2. The lowest BCUT2D eigenvalue weighted by atomic mass is 9.87. The second kappa shape index (κ2) is 5.20. The Labute approximate surface area is 122 Å². The van der Waals surface area contributed by atoms with E-state index < -0.39 is 5.97 Å². The maximum absolute atomic E-state index is 12.5. The Morgan fingerprint density at radius 3 is 2.90 bits per heavy atom. The summed E-state index contributed by atoms with van der Waals surface area (Å²) in [6.45, 7) is 3.44. The first-order chi connectivity index (χ1) is 9.54. The highest BCUT2D eigenvalue weighted by molar-refractivity contribution is 7.10. The van der Waals surface area contributed by atoms with Crippen LogP contribution >= 0.6 is 11.3 Å². The fraction of sp³-hybridized carbons (Fsp3) is 0.600. The van der Waals surface area contributed by atoms with Gasteiger partial charge in [0.25, 0.3) is 5.91 Å². The normalized spacial score (nSPS) is 22.2. The number of nitrogens with zero attached hydrogens (tertiary/aromatic N) is 1. The molecule has 1 atom stereocenters. The molecule has 3 rings (SSSR count). The van der Waals surface area contributed by atoms with E-state index >= 15 is 0 Å². The van der Waals surface area contributed by atoms with Gasteiger partial charge in [0, 0.05) is 29.3 Å². The van der Waals surface area contributed by atoms with Gasteiger partial charge in [0.05, 0.1) is 12.0 Å². The third kappa shape index (κ3) is 2.46. The fourth-order valence-electron chi connectivity index (χ4n) is 3.14. The first kappa shape index (κ1) is 13.6. The van der Waals surface area contributed by atoms with Crippen LogP contribution in [0.1, 0.15) is 40.6 Å². The Bertz CT molecular complexity index is 545. The van der Waals surface area contributed by atoms with Gasteiger partial charge in [0.15, 0.2) is 0 Å². The summed E-state index contributed by atoms with van der Waals surface area (Å²) in [5.41, 5.74) is 2.12. The van der Waals surface area contributed by atoms with Crippen LogP contribution in [-0.2, 0) is 17.6 Å². The number of likely N-dealkylation sites (tertiary alicyclic amines) is 1. The molecule has 4 nitrogen and oxygen atoms in total. The molecule has 0 aromatic carbocycles. The average Bonchev–Trinajstić information content (AvgIpc) is 2.75. The predicted molar refractivity (Wildman–Crippen MR) is 77.2 cm³/mol. The molecule has 2 heterocycles. The summed E-state index contributed by atoms with van der Waals surface area (Å²) in [5, 5.41) is 10.7. The van der Waals surface area contributed by atoms with E-state index in [1.54, 1.807) is 16.2 Å². The minimum Gasteiger partial charge on any atom is -0.481 e. The third-order valence-corrected chi connectivity index (χ3v) is 5.39. The molecule has 1 aliphatic heterocycles. The Hall–Kier alpha value is -1.36. The molecular formula is C15H19NO3S. The van der Waals surface area contributed by atoms with Crippen molar-refractivity contribution in [3.05, 3.63) is 21.4 Å². The standard InChI is InChI=1S/C15H19NO3S/c1-9-2-3-11-12(8-20-13(11)4-9)15(19)16-6-10(7-16)5-14(17)18/h8-10H,2-7H2,1H3,(H,17,18). The molecule has 1 saturated heterocycles. The second-order valence-electron chi connectivity index (χ2n) is 6.07. The second-order valence-corrected chi connectivity index (χ2v) is 7.04. The van der Waals surface area contributed by atoms with Gasteiger partial charge < -0.3 is 10.0 Å². The van der Waals surface area contributed by atoms with E-state index in [4.69, 9.17) is 5.11 Å². The van der Waals surface area contributed by atoms with Crippen molar-refractivity contribution >= 4 is 23.2 Å². The minimum atomic E-state index is -0.774. The topological polar surface area (TPSA) is 57.6 Å². The lowest BCUT2D eigenvalue weighted by molar-refractivity contribution is -0.139. The number of hydrogen-bond donors (Lipinski definition) is 1. The molecule has 1 aliphatic carbocycles. The van der Waals surface area contributed by atoms with Crippen molar-refractivity contribution < 1.29 is 14.7 Å². The van der Waals surface area contributed by atoms with E-state index in [-0.39, 0.29) is 18.2 Å². The van der Waals surface area contributed by atoms with Crippen LogP contribution in [0.5, 0.6) is 0 Å². The predicted octanol–water partition coefficient (Wildman–Crippen LogP) is 2.42. The highest BCUT2D eigenvalue weighted by Gasteiger charge is 2.34. The van der Waals surface area contributed by atoms with Crippen LogP contribution in [0.15, 0.2) is 5.38 Å². The molecule has 0 bridgehead atoms. The van der Waals surface area contributed by atoms with Gasteiger partial charge in [-0.3, -0.25) is 9.59 Å². The van der Waals surface area contributed by atoms with Gasteiger partial charge in [-0.15, -0.1) is 11.3 Å². The summed E-state index contributed by atoms with van der Waals surface area (Å²) < 4.78 is 0. The first-order valence-electron chi connectivity index (χ1n) is 7.15. The van der Waals surface area contributed by atoms with E-state index in [1.165, 1.54) is 10.4 Å². The van der Waals surface area contributed by atoms with Crippen molar-refractivity contribution in [2.45, 2.75) is 32.6 Å². The van der Waals surface area contributed by atoms with E-state index in [1.807, 2.05) is 5.38 Å². The average molecular weight is 293 g/mol. The van der Waals surface area contributed by atoms with Crippen molar-refractivity contribution in [1.29, 1.82) is 0 Å². The quantitative estimate of drug-likeness (QED) is 0.931. The van der Waals surface area contributed by atoms with Crippen LogP contribution in [-0.4, -0.2) is 35.0 Å². The molecule has 1 fully saturated rings. The summed E-state index contributed by atoms with van der Waals surface area (Å²) >= 11 is 1.71. The van der Waals surface area contributed by atoms with Crippen molar-refractivity contribution in [2.75, 3.05) is 13.1 Å². The van der Waals surface area contributed by atoms with Crippen LogP contribution in [0.3, 0.4) is 0 Å². The maximum Gasteiger partial charge on any atom is 0.303 e. The van der Waals surface area contributed by atoms with Gasteiger partial charge in [-0.2, -0.15) is 0 Å². The number of amides is 1. The van der Waals surface area contributed by atoms with Crippen LogP contribution in [0.2, 0.25) is 0 Å². The molecule has 0 saturated carbocycles. The number of fused-ring (bicyclic) bond motifs is 1. The smallest absolute Gasteiger partial charge is 0.303 e. The Morgan fingerprint density at radius 2 is 2.20 bits per heavy atom. The molecular weight excluding hydrogens is 274 g/mol. The van der Waals surface area contributed by atoms with Gasteiger partial charge in [0.1, 0.15) is 0 Å². The highest BCUT2D eigenvalue weighted by Crippen LogP contribution is 2.34. The number of hydrogen-bond acceptors (Lipinski definition) is 3. The summed E-state index contributed by atoms with van der Waals surface area (Å²) in [6.07, 6.45) is 3.43. The Balaban J connectivity index is 1.66. The number of carbonyl (C=O) groups is 2. The Morgan fingerprint density at radius 1 is 1.45 bits per heavy atom. The third-order valence-electron chi connectivity index (χ3n) is 4.34. The number of carboxylic acids is 1. The van der Waals surface area contributed by atoms with E-state index in [0.29, 0.717) is 19.0 Å². The zero-order chi connectivity index (χ0) is 14.3.